The van der Waals surface area contributed by atoms with Crippen LogP contribution in [0.25, 0.3) is 98.4 Å². The van der Waals surface area contributed by atoms with Crippen molar-refractivity contribution >= 4 is 53.9 Å². The molecule has 1 heterocycles. The van der Waals surface area contributed by atoms with E-state index in [1.54, 1.807) is 0 Å². The number of fused-ring (bicyclic) bond motifs is 7. The van der Waals surface area contributed by atoms with Gasteiger partial charge in [-0.3, -0.25) is 0 Å². The van der Waals surface area contributed by atoms with Crippen molar-refractivity contribution in [2.45, 2.75) is 0 Å². The van der Waals surface area contributed by atoms with E-state index in [1.807, 2.05) is 12.1 Å². The predicted octanol–water partition coefficient (Wildman–Crippen LogP) is 14.2. The first-order valence-corrected chi connectivity index (χ1v) is 17.6. The summed E-state index contributed by atoms with van der Waals surface area (Å²) in [4.78, 5) is 0. The molecule has 10 aromatic carbocycles. The zero-order valence-electron chi connectivity index (χ0n) is 27.7. The van der Waals surface area contributed by atoms with Crippen molar-refractivity contribution in [1.29, 1.82) is 0 Å². The van der Waals surface area contributed by atoms with E-state index in [-0.39, 0.29) is 0 Å². The van der Waals surface area contributed by atoms with Gasteiger partial charge < -0.3 is 4.74 Å². The molecule has 0 bridgehead atoms. The molecule has 11 rings (SSSR count). The Hall–Kier alpha value is -6.70. The molecule has 0 amide bonds. The number of para-hydroxylation sites is 1. The summed E-state index contributed by atoms with van der Waals surface area (Å²) in [6, 6.07) is 66.3. The smallest absolute Gasteiger partial charge is 0.135 e. The zero-order chi connectivity index (χ0) is 33.5. The molecule has 1 aliphatic rings. The Bertz CT molecular complexity index is 3040. The standard InChI is InChI=1S/C50H30O/c1-2-12-32(13-3-1)48-43-17-7-6-16-42(43)47(44-26-25-31-11-4-5-14-38(31)50(44)48)36-24-22-33-29-35(23-21-34(33)30-36)37-27-28-46-49-40(37)18-10-19-41(49)39-15-8-9-20-45(39)51-46/h1-30H. The molecule has 0 saturated carbocycles. The van der Waals surface area contributed by atoms with Crippen molar-refractivity contribution in [2.75, 3.05) is 0 Å². The van der Waals surface area contributed by atoms with Gasteiger partial charge in [-0.25, -0.2) is 0 Å². The van der Waals surface area contributed by atoms with Gasteiger partial charge in [0.2, 0.25) is 0 Å². The first-order valence-electron chi connectivity index (χ1n) is 17.6. The maximum absolute atomic E-state index is 6.38. The van der Waals surface area contributed by atoms with Gasteiger partial charge in [0.15, 0.2) is 0 Å². The predicted molar refractivity (Wildman–Crippen MR) is 216 cm³/mol. The number of benzene rings is 10. The molecular formula is C50H30O. The lowest BCUT2D eigenvalue weighted by molar-refractivity contribution is 0.487. The zero-order valence-corrected chi connectivity index (χ0v) is 27.7. The van der Waals surface area contributed by atoms with Gasteiger partial charge in [-0.1, -0.05) is 158 Å². The fourth-order valence-electron chi connectivity index (χ4n) is 8.56. The summed E-state index contributed by atoms with van der Waals surface area (Å²) in [7, 11) is 0. The molecule has 0 atom stereocenters. The molecule has 0 aliphatic carbocycles. The van der Waals surface area contributed by atoms with Gasteiger partial charge in [-0.05, 0) is 112 Å². The highest BCUT2D eigenvalue weighted by molar-refractivity contribution is 6.28. The molecule has 0 unspecified atom stereocenters. The molecule has 0 radical (unpaired) electrons. The van der Waals surface area contributed by atoms with Crippen LogP contribution in [0.2, 0.25) is 0 Å². The van der Waals surface area contributed by atoms with E-state index in [1.165, 1.54) is 92.8 Å². The fraction of sp³-hybridized carbons (Fsp3) is 0. The molecule has 1 nitrogen and oxygen atoms in total. The average molecular weight is 647 g/mol. The summed E-state index contributed by atoms with van der Waals surface area (Å²) in [6.45, 7) is 0. The van der Waals surface area contributed by atoms with E-state index in [4.69, 9.17) is 4.74 Å². The molecule has 0 spiro atoms. The van der Waals surface area contributed by atoms with Crippen LogP contribution < -0.4 is 4.74 Å². The highest BCUT2D eigenvalue weighted by Gasteiger charge is 2.22. The van der Waals surface area contributed by atoms with Gasteiger partial charge in [0.25, 0.3) is 0 Å². The third-order valence-corrected chi connectivity index (χ3v) is 10.8. The largest absolute Gasteiger partial charge is 0.456 e. The minimum Gasteiger partial charge on any atom is -0.456 e. The minimum absolute atomic E-state index is 0.912. The third-order valence-electron chi connectivity index (χ3n) is 10.8. The Morgan fingerprint density at radius 2 is 0.922 bits per heavy atom. The Balaban J connectivity index is 1.11. The summed E-state index contributed by atoms with van der Waals surface area (Å²) in [5.74, 6) is 1.83. The molecule has 10 aromatic rings. The summed E-state index contributed by atoms with van der Waals surface area (Å²) >= 11 is 0. The van der Waals surface area contributed by atoms with Gasteiger partial charge in [-0.2, -0.15) is 0 Å². The maximum Gasteiger partial charge on any atom is 0.135 e. The van der Waals surface area contributed by atoms with Crippen LogP contribution in [0, 0.1) is 0 Å². The van der Waals surface area contributed by atoms with Crippen LogP contribution in [0.4, 0.5) is 0 Å². The number of rotatable bonds is 3. The van der Waals surface area contributed by atoms with E-state index >= 15 is 0 Å². The molecule has 1 aliphatic heterocycles. The summed E-state index contributed by atoms with van der Waals surface area (Å²) in [5, 5.41) is 12.5. The lowest BCUT2D eigenvalue weighted by Gasteiger charge is -2.22. The topological polar surface area (TPSA) is 9.23 Å². The first-order chi connectivity index (χ1) is 25.3. The Kier molecular flexibility index (Phi) is 6.02. The van der Waals surface area contributed by atoms with Crippen molar-refractivity contribution in [3.05, 3.63) is 182 Å². The van der Waals surface area contributed by atoms with E-state index in [0.717, 1.165) is 17.1 Å². The van der Waals surface area contributed by atoms with Gasteiger partial charge in [0.1, 0.15) is 11.5 Å². The van der Waals surface area contributed by atoms with Crippen LogP contribution >= 0.6 is 0 Å². The highest BCUT2D eigenvalue weighted by Crippen LogP contribution is 2.49. The summed E-state index contributed by atoms with van der Waals surface area (Å²) < 4.78 is 6.38. The number of hydrogen-bond donors (Lipinski definition) is 0. The molecular weight excluding hydrogens is 617 g/mol. The maximum atomic E-state index is 6.38. The van der Waals surface area contributed by atoms with Crippen LogP contribution in [0.15, 0.2) is 182 Å². The van der Waals surface area contributed by atoms with E-state index in [2.05, 4.69) is 170 Å². The van der Waals surface area contributed by atoms with Crippen molar-refractivity contribution in [1.82, 2.24) is 0 Å². The van der Waals surface area contributed by atoms with Gasteiger partial charge in [0.05, 0.1) is 0 Å². The van der Waals surface area contributed by atoms with Crippen molar-refractivity contribution in [3.63, 3.8) is 0 Å². The van der Waals surface area contributed by atoms with Crippen molar-refractivity contribution < 1.29 is 4.74 Å². The van der Waals surface area contributed by atoms with Gasteiger partial charge in [0, 0.05) is 10.9 Å². The summed E-state index contributed by atoms with van der Waals surface area (Å²) in [5.41, 5.74) is 9.82. The van der Waals surface area contributed by atoms with Crippen LogP contribution in [0.1, 0.15) is 0 Å². The second-order valence-electron chi connectivity index (χ2n) is 13.6. The van der Waals surface area contributed by atoms with Crippen LogP contribution in [-0.4, -0.2) is 0 Å². The summed E-state index contributed by atoms with van der Waals surface area (Å²) in [6.07, 6.45) is 0. The minimum atomic E-state index is 0.912. The van der Waals surface area contributed by atoms with Crippen LogP contribution in [-0.2, 0) is 0 Å². The molecule has 236 valence electrons. The van der Waals surface area contributed by atoms with E-state index < -0.39 is 0 Å². The molecule has 0 N–H and O–H groups in total. The highest BCUT2D eigenvalue weighted by atomic mass is 16.5. The Morgan fingerprint density at radius 1 is 0.275 bits per heavy atom. The second kappa shape index (κ2) is 10.9. The monoisotopic (exact) mass is 646 g/mol. The molecule has 51 heavy (non-hydrogen) atoms. The van der Waals surface area contributed by atoms with E-state index in [9.17, 15) is 0 Å². The van der Waals surface area contributed by atoms with Crippen molar-refractivity contribution in [2.24, 2.45) is 0 Å². The Morgan fingerprint density at radius 3 is 1.78 bits per heavy atom. The second-order valence-corrected chi connectivity index (χ2v) is 13.6. The normalized spacial score (nSPS) is 12.1. The quantitative estimate of drug-likeness (QED) is 0.137. The van der Waals surface area contributed by atoms with Crippen molar-refractivity contribution in [3.8, 4) is 56.0 Å². The third kappa shape index (κ3) is 4.22. The first kappa shape index (κ1) is 28.2. The molecule has 1 heteroatoms. The molecule has 0 aromatic heterocycles. The number of hydrogen-bond acceptors (Lipinski definition) is 1. The van der Waals surface area contributed by atoms with Gasteiger partial charge >= 0.3 is 0 Å². The molecule has 0 fully saturated rings. The molecule has 0 saturated heterocycles. The van der Waals surface area contributed by atoms with E-state index in [0.29, 0.717) is 0 Å². The lowest BCUT2D eigenvalue weighted by Crippen LogP contribution is -1.97. The number of ether oxygens (including phenoxy) is 1. The van der Waals surface area contributed by atoms with Crippen LogP contribution in [0.5, 0.6) is 11.5 Å². The SMILES string of the molecule is c1ccc(-c2c3ccccc3c(-c3ccc4cc(-c5ccc6c7c(cccc57)-c5ccccc5O6)ccc4c3)c3ccc4ccccc4c23)cc1. The average Bonchev–Trinajstić information content (AvgIpc) is 3.20. The fourth-order valence-corrected chi connectivity index (χ4v) is 8.56. The van der Waals surface area contributed by atoms with Crippen LogP contribution in [0.3, 0.4) is 0 Å². The Labute approximate surface area is 295 Å². The van der Waals surface area contributed by atoms with Gasteiger partial charge in [-0.15, -0.1) is 0 Å². The lowest BCUT2D eigenvalue weighted by atomic mass is 9.83.